The molecule has 172 valence electrons. The van der Waals surface area contributed by atoms with E-state index in [1.165, 1.54) is 12.1 Å². The van der Waals surface area contributed by atoms with E-state index in [2.05, 4.69) is 5.32 Å². The third kappa shape index (κ3) is 4.47. The normalized spacial score (nSPS) is 22.9. The molecule has 1 aromatic rings. The molecule has 0 aromatic heterocycles. The molecule has 2 aliphatic rings. The average molecular weight is 444 g/mol. The zero-order valence-corrected chi connectivity index (χ0v) is 19.0. The van der Waals surface area contributed by atoms with Crippen LogP contribution in [0.15, 0.2) is 46.8 Å². The highest BCUT2D eigenvalue weighted by Crippen LogP contribution is 2.46. The zero-order chi connectivity index (χ0) is 23.4. The molecular formula is C25H30FNO5. The Hall–Kier alpha value is -2.96. The Morgan fingerprint density at radius 1 is 1.16 bits per heavy atom. The van der Waals surface area contributed by atoms with Gasteiger partial charge in [-0.05, 0) is 50.3 Å². The fraction of sp³-hybridized carbons (Fsp3) is 0.480. The van der Waals surface area contributed by atoms with Gasteiger partial charge >= 0.3 is 11.9 Å². The molecule has 3 rings (SSSR count). The lowest BCUT2D eigenvalue weighted by Crippen LogP contribution is -2.43. The maximum absolute atomic E-state index is 14.2. The Balaban J connectivity index is 2.21. The fourth-order valence-corrected chi connectivity index (χ4v) is 4.62. The first-order valence-corrected chi connectivity index (χ1v) is 11.2. The Kier molecular flexibility index (Phi) is 7.48. The Labute approximate surface area is 187 Å². The van der Waals surface area contributed by atoms with Crippen molar-refractivity contribution in [2.75, 3.05) is 13.2 Å². The van der Waals surface area contributed by atoms with Gasteiger partial charge in [-0.15, -0.1) is 0 Å². The minimum Gasteiger partial charge on any atom is -0.465 e. The second kappa shape index (κ2) is 10.1. The largest absolute Gasteiger partial charge is 0.465 e. The molecular weight excluding hydrogens is 413 g/mol. The van der Waals surface area contributed by atoms with Crippen LogP contribution in [0, 0.1) is 17.7 Å². The molecule has 0 saturated heterocycles. The van der Waals surface area contributed by atoms with Gasteiger partial charge in [0.05, 0.1) is 18.8 Å². The number of halogens is 1. The molecule has 1 aliphatic carbocycles. The van der Waals surface area contributed by atoms with Crippen molar-refractivity contribution in [3.8, 4) is 0 Å². The lowest BCUT2D eigenvalue weighted by Gasteiger charge is -2.39. The summed E-state index contributed by atoms with van der Waals surface area (Å²) in [5, 5.41) is 3.30. The Bertz CT molecular complexity index is 980. The smallest absolute Gasteiger partial charge is 0.336 e. The van der Waals surface area contributed by atoms with Crippen LogP contribution in [0.2, 0.25) is 0 Å². The quantitative estimate of drug-likeness (QED) is 0.503. The number of hydrogen-bond donors (Lipinski definition) is 1. The molecule has 1 aromatic carbocycles. The molecule has 7 heteroatoms. The van der Waals surface area contributed by atoms with Gasteiger partial charge in [-0.1, -0.05) is 32.4 Å². The molecule has 1 aliphatic heterocycles. The van der Waals surface area contributed by atoms with Crippen molar-refractivity contribution in [3.63, 3.8) is 0 Å². The molecule has 0 saturated carbocycles. The highest BCUT2D eigenvalue weighted by molar-refractivity contribution is 6.12. The van der Waals surface area contributed by atoms with Crippen LogP contribution < -0.4 is 5.32 Å². The molecule has 1 N–H and O–H groups in total. The van der Waals surface area contributed by atoms with E-state index < -0.39 is 35.4 Å². The number of dihydropyridines is 1. The summed E-state index contributed by atoms with van der Waals surface area (Å²) in [6, 6.07) is 5.88. The second-order valence-corrected chi connectivity index (χ2v) is 8.14. The van der Waals surface area contributed by atoms with Crippen LogP contribution in [0.1, 0.15) is 58.4 Å². The third-order valence-electron chi connectivity index (χ3n) is 5.89. The van der Waals surface area contributed by atoms with Crippen LogP contribution in [0.25, 0.3) is 0 Å². The van der Waals surface area contributed by atoms with Gasteiger partial charge in [0.15, 0.2) is 5.78 Å². The third-order valence-corrected chi connectivity index (χ3v) is 5.89. The van der Waals surface area contributed by atoms with E-state index in [-0.39, 0.29) is 19.1 Å². The van der Waals surface area contributed by atoms with E-state index in [0.29, 0.717) is 40.9 Å². The van der Waals surface area contributed by atoms with Crippen molar-refractivity contribution in [1.29, 1.82) is 0 Å². The zero-order valence-electron chi connectivity index (χ0n) is 19.0. The number of nitrogens with one attached hydrogen (secondary N) is 1. The van der Waals surface area contributed by atoms with Crippen molar-refractivity contribution >= 4 is 17.7 Å². The summed E-state index contributed by atoms with van der Waals surface area (Å²) in [7, 11) is 0. The number of Topliss-reactive ketones (excluding diaryl/α,β-unsaturated/α-hetero) is 1. The number of ketones is 1. The van der Waals surface area contributed by atoms with Crippen LogP contribution in [0.4, 0.5) is 4.39 Å². The van der Waals surface area contributed by atoms with Crippen molar-refractivity contribution < 1.29 is 28.2 Å². The molecule has 0 radical (unpaired) electrons. The maximum Gasteiger partial charge on any atom is 0.336 e. The minimum atomic E-state index is -0.970. The van der Waals surface area contributed by atoms with Gasteiger partial charge in [0.2, 0.25) is 0 Å². The van der Waals surface area contributed by atoms with E-state index >= 15 is 0 Å². The number of esters is 2. The molecule has 3 unspecified atom stereocenters. The van der Waals surface area contributed by atoms with Gasteiger partial charge in [0.25, 0.3) is 0 Å². The molecule has 1 heterocycles. The lowest BCUT2D eigenvalue weighted by atomic mass is 9.69. The highest BCUT2D eigenvalue weighted by atomic mass is 19.1. The first-order valence-electron chi connectivity index (χ1n) is 11.2. The summed E-state index contributed by atoms with van der Waals surface area (Å²) in [5.74, 6) is -4.05. The van der Waals surface area contributed by atoms with E-state index in [9.17, 15) is 18.8 Å². The summed E-state index contributed by atoms with van der Waals surface area (Å²) in [5.41, 5.74) is 2.43. The highest BCUT2D eigenvalue weighted by Gasteiger charge is 2.47. The van der Waals surface area contributed by atoms with E-state index in [1.807, 2.05) is 13.8 Å². The van der Waals surface area contributed by atoms with E-state index in [0.717, 1.165) is 6.42 Å². The van der Waals surface area contributed by atoms with Crippen LogP contribution in [0.3, 0.4) is 0 Å². The number of hydrogen-bond acceptors (Lipinski definition) is 6. The topological polar surface area (TPSA) is 81.7 Å². The van der Waals surface area contributed by atoms with Crippen molar-refractivity contribution in [2.45, 2.75) is 52.9 Å². The van der Waals surface area contributed by atoms with Gasteiger partial charge < -0.3 is 14.8 Å². The van der Waals surface area contributed by atoms with Crippen LogP contribution >= 0.6 is 0 Å². The summed E-state index contributed by atoms with van der Waals surface area (Å²) in [4.78, 5) is 39.4. The summed E-state index contributed by atoms with van der Waals surface area (Å²) >= 11 is 0. The first kappa shape index (κ1) is 23.7. The minimum absolute atomic E-state index is 0.167. The van der Waals surface area contributed by atoms with E-state index in [1.54, 1.807) is 26.0 Å². The van der Waals surface area contributed by atoms with Crippen LogP contribution in [-0.4, -0.2) is 30.9 Å². The molecule has 6 nitrogen and oxygen atoms in total. The molecule has 0 bridgehead atoms. The summed E-state index contributed by atoms with van der Waals surface area (Å²) < 4.78 is 24.7. The van der Waals surface area contributed by atoms with Crippen molar-refractivity contribution in [3.05, 3.63) is 58.2 Å². The molecule has 0 fully saturated rings. The molecule has 3 atom stereocenters. The Morgan fingerprint density at radius 2 is 1.88 bits per heavy atom. The lowest BCUT2D eigenvalue weighted by molar-refractivity contribution is -0.153. The van der Waals surface area contributed by atoms with Gasteiger partial charge in [0, 0.05) is 22.9 Å². The number of allylic oxidation sites excluding steroid dienone is 3. The fourth-order valence-electron chi connectivity index (χ4n) is 4.62. The summed E-state index contributed by atoms with van der Waals surface area (Å²) in [6.45, 7) is 7.56. The number of carbonyl (C=O) groups excluding carboxylic acids is 3. The molecule has 32 heavy (non-hydrogen) atoms. The number of rotatable bonds is 7. The predicted molar refractivity (Wildman–Crippen MR) is 117 cm³/mol. The molecule has 0 amide bonds. The van der Waals surface area contributed by atoms with Gasteiger partial charge in [-0.3, -0.25) is 9.59 Å². The number of ether oxygens (including phenoxy) is 2. The number of carbonyl (C=O) groups is 3. The van der Waals surface area contributed by atoms with Crippen molar-refractivity contribution in [1.82, 2.24) is 5.32 Å². The summed E-state index contributed by atoms with van der Waals surface area (Å²) in [6.07, 6.45) is 1.78. The standard InChI is InChI=1S/C25H30FNO5/c1-5-9-17-22(25(30)32-7-3)20(15-10-8-11-16(26)13-15)21-18(27-17)12-14(4)19(23(21)28)24(29)31-6-2/h8,10-11,13-14,19-20,27H,5-7,9,12H2,1-4H3. The Morgan fingerprint density at radius 3 is 2.50 bits per heavy atom. The van der Waals surface area contributed by atoms with Gasteiger partial charge in [-0.25, -0.2) is 9.18 Å². The first-order chi connectivity index (χ1) is 15.3. The van der Waals surface area contributed by atoms with Crippen LogP contribution in [-0.2, 0) is 23.9 Å². The maximum atomic E-state index is 14.2. The van der Waals surface area contributed by atoms with Crippen LogP contribution in [0.5, 0.6) is 0 Å². The second-order valence-electron chi connectivity index (χ2n) is 8.14. The van der Waals surface area contributed by atoms with E-state index in [4.69, 9.17) is 9.47 Å². The van der Waals surface area contributed by atoms with Gasteiger partial charge in [-0.2, -0.15) is 0 Å². The monoisotopic (exact) mass is 443 g/mol. The van der Waals surface area contributed by atoms with Gasteiger partial charge in [0.1, 0.15) is 11.7 Å². The van der Waals surface area contributed by atoms with Crippen molar-refractivity contribution in [2.24, 2.45) is 11.8 Å². The predicted octanol–water partition coefficient (Wildman–Crippen LogP) is 4.17. The molecule has 0 spiro atoms. The average Bonchev–Trinajstić information content (AvgIpc) is 2.73. The number of benzene rings is 1. The SMILES string of the molecule is CCCC1=C(C(=O)OCC)C(c2cccc(F)c2)C2=C(CC(C)C(C(=O)OCC)C2=O)N1.